The number of halogens is 5. The molecule has 1 heterocycles. The average molecular weight is 429 g/mol. The first kappa shape index (κ1) is 16.8. The monoisotopic (exact) mass is 427 g/mol. The summed E-state index contributed by atoms with van der Waals surface area (Å²) in [5, 5.41) is 0.894. The molecule has 1 aliphatic rings. The van der Waals surface area contributed by atoms with Crippen molar-refractivity contribution in [2.24, 2.45) is 5.92 Å². The normalized spacial score (nSPS) is 17.1. The van der Waals surface area contributed by atoms with Gasteiger partial charge < -0.3 is 4.90 Å². The van der Waals surface area contributed by atoms with Crippen molar-refractivity contribution in [3.63, 3.8) is 0 Å². The Labute approximate surface area is 137 Å². The van der Waals surface area contributed by atoms with Crippen LogP contribution in [0.15, 0.2) is 22.7 Å². The first-order valence-corrected chi connectivity index (χ1v) is 8.46. The minimum atomic E-state index is -4.47. The molecule has 0 saturated carbocycles. The first-order valence-electron chi connectivity index (χ1n) is 6.55. The number of hydrogen-bond acceptors (Lipinski definition) is 1. The SMILES string of the molecule is O=C(c1ccc(Br)c(C(F)(F)F)c1)N1CCC(CBr)CC1. The summed E-state index contributed by atoms with van der Waals surface area (Å²) >= 11 is 6.30. The molecule has 1 aromatic rings. The molecule has 0 unspecified atom stereocenters. The molecule has 2 nitrogen and oxygen atoms in total. The third-order valence-electron chi connectivity index (χ3n) is 3.64. The molecule has 0 bridgehead atoms. The Morgan fingerprint density at radius 3 is 2.43 bits per heavy atom. The standard InChI is InChI=1S/C14H14Br2F3NO/c15-8-9-3-5-20(6-4-9)13(21)10-1-2-12(16)11(7-10)14(17,18)19/h1-2,7,9H,3-6,8H2. The molecular formula is C14H14Br2F3NO. The summed E-state index contributed by atoms with van der Waals surface area (Å²) in [5.41, 5.74) is -0.730. The number of benzene rings is 1. The van der Waals surface area contributed by atoms with E-state index >= 15 is 0 Å². The Morgan fingerprint density at radius 2 is 1.90 bits per heavy atom. The predicted octanol–water partition coefficient (Wildman–Crippen LogP) is 4.72. The molecule has 116 valence electrons. The van der Waals surface area contributed by atoms with Gasteiger partial charge in [-0.25, -0.2) is 0 Å². The van der Waals surface area contributed by atoms with Crippen LogP contribution in [0, 0.1) is 5.92 Å². The van der Waals surface area contributed by atoms with Crippen molar-refractivity contribution in [2.75, 3.05) is 18.4 Å². The van der Waals surface area contributed by atoms with Crippen molar-refractivity contribution >= 4 is 37.8 Å². The van der Waals surface area contributed by atoms with Gasteiger partial charge in [0.25, 0.3) is 5.91 Å². The van der Waals surface area contributed by atoms with Crippen LogP contribution in [0.5, 0.6) is 0 Å². The number of nitrogens with zero attached hydrogens (tertiary/aromatic N) is 1. The van der Waals surface area contributed by atoms with E-state index < -0.39 is 11.7 Å². The number of amides is 1. The van der Waals surface area contributed by atoms with Crippen LogP contribution >= 0.6 is 31.9 Å². The molecule has 2 rings (SSSR count). The zero-order valence-electron chi connectivity index (χ0n) is 11.1. The zero-order valence-corrected chi connectivity index (χ0v) is 14.3. The highest BCUT2D eigenvalue weighted by Crippen LogP contribution is 2.35. The number of piperidine rings is 1. The molecule has 0 atom stereocenters. The molecule has 1 aliphatic heterocycles. The molecule has 1 amide bonds. The van der Waals surface area contributed by atoms with E-state index in [0.717, 1.165) is 24.2 Å². The Bertz CT molecular complexity index is 525. The van der Waals surface area contributed by atoms with Gasteiger partial charge in [0.2, 0.25) is 0 Å². The van der Waals surface area contributed by atoms with E-state index in [1.54, 1.807) is 4.90 Å². The van der Waals surface area contributed by atoms with Crippen molar-refractivity contribution in [1.29, 1.82) is 0 Å². The first-order chi connectivity index (χ1) is 9.82. The Hall–Kier alpha value is -0.560. The fourth-order valence-electron chi connectivity index (χ4n) is 2.35. The molecule has 1 aromatic carbocycles. The molecule has 0 spiro atoms. The van der Waals surface area contributed by atoms with E-state index in [9.17, 15) is 18.0 Å². The fourth-order valence-corrected chi connectivity index (χ4v) is 3.47. The third kappa shape index (κ3) is 4.00. The number of carbonyl (C=O) groups excluding carboxylic acids is 1. The highest BCUT2D eigenvalue weighted by molar-refractivity contribution is 9.10. The van der Waals surface area contributed by atoms with Crippen molar-refractivity contribution in [1.82, 2.24) is 4.90 Å². The Balaban J connectivity index is 2.17. The van der Waals surface area contributed by atoms with Gasteiger partial charge in [-0.2, -0.15) is 13.2 Å². The number of hydrogen-bond donors (Lipinski definition) is 0. The van der Waals surface area contributed by atoms with Crippen LogP contribution in [0.25, 0.3) is 0 Å². The molecule has 21 heavy (non-hydrogen) atoms. The van der Waals surface area contributed by atoms with E-state index in [0.29, 0.717) is 19.0 Å². The smallest absolute Gasteiger partial charge is 0.339 e. The summed E-state index contributed by atoms with van der Waals surface area (Å²) in [5.74, 6) is 0.200. The molecule has 0 radical (unpaired) electrons. The maximum atomic E-state index is 12.9. The minimum Gasteiger partial charge on any atom is -0.339 e. The second-order valence-electron chi connectivity index (χ2n) is 5.08. The second-order valence-corrected chi connectivity index (χ2v) is 6.58. The third-order valence-corrected chi connectivity index (χ3v) is 5.25. The summed E-state index contributed by atoms with van der Waals surface area (Å²) in [6, 6.07) is 3.63. The van der Waals surface area contributed by atoms with Crippen LogP contribution in [0.2, 0.25) is 0 Å². The zero-order chi connectivity index (χ0) is 15.6. The van der Waals surface area contributed by atoms with E-state index in [2.05, 4.69) is 31.9 Å². The summed E-state index contributed by atoms with van der Waals surface area (Å²) in [6.07, 6.45) is -2.72. The molecule has 0 aromatic heterocycles. The largest absolute Gasteiger partial charge is 0.417 e. The van der Waals surface area contributed by atoms with Crippen LogP contribution < -0.4 is 0 Å². The summed E-state index contributed by atoms with van der Waals surface area (Å²) in [6.45, 7) is 1.18. The second kappa shape index (κ2) is 6.69. The average Bonchev–Trinajstić information content (AvgIpc) is 2.46. The van der Waals surface area contributed by atoms with E-state index in [1.165, 1.54) is 12.1 Å². The summed E-state index contributed by atoms with van der Waals surface area (Å²) in [7, 11) is 0. The molecule has 0 aliphatic carbocycles. The van der Waals surface area contributed by atoms with Gasteiger partial charge >= 0.3 is 6.18 Å². The lowest BCUT2D eigenvalue weighted by Gasteiger charge is -2.31. The van der Waals surface area contributed by atoms with Crippen LogP contribution in [0.1, 0.15) is 28.8 Å². The predicted molar refractivity (Wildman–Crippen MR) is 81.6 cm³/mol. The maximum Gasteiger partial charge on any atom is 0.417 e. The van der Waals surface area contributed by atoms with Crippen LogP contribution in [0.3, 0.4) is 0 Å². The minimum absolute atomic E-state index is 0.0513. The molecule has 7 heteroatoms. The van der Waals surface area contributed by atoms with Gasteiger partial charge in [0.15, 0.2) is 0 Å². The van der Waals surface area contributed by atoms with Crippen molar-refractivity contribution < 1.29 is 18.0 Å². The maximum absolute atomic E-state index is 12.9. The summed E-state index contributed by atoms with van der Waals surface area (Å²) in [4.78, 5) is 13.9. The number of alkyl halides is 4. The molecular weight excluding hydrogens is 415 g/mol. The Kier molecular flexibility index (Phi) is 5.35. The van der Waals surface area contributed by atoms with Crippen molar-refractivity contribution in [2.45, 2.75) is 19.0 Å². The lowest BCUT2D eigenvalue weighted by molar-refractivity contribution is -0.138. The van der Waals surface area contributed by atoms with Crippen LogP contribution in [-0.2, 0) is 6.18 Å². The summed E-state index contributed by atoms with van der Waals surface area (Å²) < 4.78 is 38.6. The van der Waals surface area contributed by atoms with E-state index in [-0.39, 0.29) is 15.9 Å². The Morgan fingerprint density at radius 1 is 1.29 bits per heavy atom. The van der Waals surface area contributed by atoms with Gasteiger partial charge in [-0.1, -0.05) is 31.9 Å². The van der Waals surface area contributed by atoms with Crippen LogP contribution in [-0.4, -0.2) is 29.2 Å². The lowest BCUT2D eigenvalue weighted by atomic mass is 9.98. The van der Waals surface area contributed by atoms with E-state index in [4.69, 9.17) is 0 Å². The highest BCUT2D eigenvalue weighted by atomic mass is 79.9. The fraction of sp³-hybridized carbons (Fsp3) is 0.500. The molecule has 0 N–H and O–H groups in total. The van der Waals surface area contributed by atoms with Gasteiger partial charge in [0.1, 0.15) is 0 Å². The van der Waals surface area contributed by atoms with Gasteiger partial charge in [-0.15, -0.1) is 0 Å². The molecule has 1 saturated heterocycles. The van der Waals surface area contributed by atoms with Crippen molar-refractivity contribution in [3.05, 3.63) is 33.8 Å². The number of rotatable bonds is 2. The highest BCUT2D eigenvalue weighted by Gasteiger charge is 2.34. The van der Waals surface area contributed by atoms with Gasteiger partial charge in [-0.05, 0) is 37.0 Å². The lowest BCUT2D eigenvalue weighted by Crippen LogP contribution is -2.38. The number of likely N-dealkylation sites (tertiary alicyclic amines) is 1. The topological polar surface area (TPSA) is 20.3 Å². The molecule has 1 fully saturated rings. The van der Waals surface area contributed by atoms with Gasteiger partial charge in [0.05, 0.1) is 5.56 Å². The number of carbonyl (C=O) groups is 1. The van der Waals surface area contributed by atoms with E-state index in [1.807, 2.05) is 0 Å². The van der Waals surface area contributed by atoms with Gasteiger partial charge in [0, 0.05) is 28.5 Å². The quantitative estimate of drug-likeness (QED) is 0.624. The van der Waals surface area contributed by atoms with Crippen LogP contribution in [0.4, 0.5) is 13.2 Å². The van der Waals surface area contributed by atoms with Gasteiger partial charge in [-0.3, -0.25) is 4.79 Å². The van der Waals surface area contributed by atoms with Crippen molar-refractivity contribution in [3.8, 4) is 0 Å².